The van der Waals surface area contributed by atoms with E-state index >= 15 is 0 Å². The minimum atomic E-state index is -0.100. The van der Waals surface area contributed by atoms with Gasteiger partial charge in [-0.25, -0.2) is 0 Å². The number of piperidine rings is 1. The fourth-order valence-corrected chi connectivity index (χ4v) is 2.55. The van der Waals surface area contributed by atoms with E-state index in [-0.39, 0.29) is 11.8 Å². The fraction of sp³-hybridized carbons (Fsp3) is 0.529. The first-order valence-corrected chi connectivity index (χ1v) is 7.90. The molecule has 0 atom stereocenters. The molecule has 1 heterocycles. The number of hydrogen-bond donors (Lipinski definition) is 1. The first kappa shape index (κ1) is 15.5. The number of carbonyl (C=O) groups excluding carboxylic acids is 2. The van der Waals surface area contributed by atoms with E-state index in [1.807, 2.05) is 4.90 Å². The number of amides is 2. The van der Waals surface area contributed by atoms with Crippen LogP contribution in [0, 0.1) is 0 Å². The van der Waals surface area contributed by atoms with Gasteiger partial charge in [0, 0.05) is 30.8 Å². The SMILES string of the molecule is CCCCNC(=O)c1cccc(C(=O)N2CCCCC2)c1. The standard InChI is InChI=1S/C17H24N2O2/c1-2-3-10-18-16(20)14-8-7-9-15(13-14)17(21)19-11-5-4-6-12-19/h7-9,13H,2-6,10-12H2,1H3,(H,18,20). The Hall–Kier alpha value is -1.84. The van der Waals surface area contributed by atoms with Crippen LogP contribution in [-0.2, 0) is 0 Å². The van der Waals surface area contributed by atoms with E-state index in [2.05, 4.69) is 12.2 Å². The zero-order valence-corrected chi connectivity index (χ0v) is 12.7. The summed E-state index contributed by atoms with van der Waals surface area (Å²) in [5.74, 6) is -0.0605. The molecule has 1 aliphatic rings. The van der Waals surface area contributed by atoms with Crippen molar-refractivity contribution >= 4 is 11.8 Å². The molecule has 0 bridgehead atoms. The monoisotopic (exact) mass is 288 g/mol. The van der Waals surface area contributed by atoms with Crippen LogP contribution in [0.15, 0.2) is 24.3 Å². The lowest BCUT2D eigenvalue weighted by Crippen LogP contribution is -2.35. The van der Waals surface area contributed by atoms with Crippen LogP contribution in [0.2, 0.25) is 0 Å². The minimum Gasteiger partial charge on any atom is -0.352 e. The van der Waals surface area contributed by atoms with E-state index in [1.165, 1.54) is 6.42 Å². The maximum absolute atomic E-state index is 12.4. The average Bonchev–Trinajstić information content (AvgIpc) is 2.55. The molecular weight excluding hydrogens is 264 g/mol. The maximum Gasteiger partial charge on any atom is 0.253 e. The zero-order valence-electron chi connectivity index (χ0n) is 12.7. The highest BCUT2D eigenvalue weighted by atomic mass is 16.2. The summed E-state index contributed by atoms with van der Waals surface area (Å²) in [6.07, 6.45) is 5.36. The molecule has 0 aromatic heterocycles. The van der Waals surface area contributed by atoms with Crippen molar-refractivity contribution in [2.24, 2.45) is 0 Å². The summed E-state index contributed by atoms with van der Waals surface area (Å²) in [5.41, 5.74) is 1.18. The Morgan fingerprint density at radius 3 is 2.57 bits per heavy atom. The quantitative estimate of drug-likeness (QED) is 0.847. The summed E-state index contributed by atoms with van der Waals surface area (Å²) in [4.78, 5) is 26.4. The number of nitrogens with zero attached hydrogens (tertiary/aromatic N) is 1. The summed E-state index contributed by atoms with van der Waals surface area (Å²) < 4.78 is 0. The van der Waals surface area contributed by atoms with E-state index in [0.29, 0.717) is 17.7 Å². The van der Waals surface area contributed by atoms with Gasteiger partial charge in [0.05, 0.1) is 0 Å². The number of rotatable bonds is 5. The lowest BCUT2D eigenvalue weighted by atomic mass is 10.1. The topological polar surface area (TPSA) is 49.4 Å². The van der Waals surface area contributed by atoms with Crippen LogP contribution in [0.1, 0.15) is 59.7 Å². The summed E-state index contributed by atoms with van der Waals surface area (Å²) in [5, 5.41) is 2.88. The van der Waals surface area contributed by atoms with Crippen molar-refractivity contribution in [1.29, 1.82) is 0 Å². The van der Waals surface area contributed by atoms with Gasteiger partial charge in [0.1, 0.15) is 0 Å². The fourth-order valence-electron chi connectivity index (χ4n) is 2.55. The van der Waals surface area contributed by atoms with Crippen molar-refractivity contribution in [1.82, 2.24) is 10.2 Å². The molecule has 1 N–H and O–H groups in total. The third kappa shape index (κ3) is 4.31. The van der Waals surface area contributed by atoms with Gasteiger partial charge in [0.2, 0.25) is 0 Å². The number of unbranched alkanes of at least 4 members (excludes halogenated alkanes) is 1. The molecule has 0 saturated carbocycles. The van der Waals surface area contributed by atoms with Crippen LogP contribution < -0.4 is 5.32 Å². The molecule has 4 nitrogen and oxygen atoms in total. The van der Waals surface area contributed by atoms with Gasteiger partial charge in [-0.05, 0) is 43.9 Å². The van der Waals surface area contributed by atoms with Crippen molar-refractivity contribution in [3.05, 3.63) is 35.4 Å². The highest BCUT2D eigenvalue weighted by Crippen LogP contribution is 2.14. The lowest BCUT2D eigenvalue weighted by Gasteiger charge is -2.26. The third-order valence-electron chi connectivity index (χ3n) is 3.83. The van der Waals surface area contributed by atoms with Crippen molar-refractivity contribution in [3.8, 4) is 0 Å². The number of likely N-dealkylation sites (tertiary alicyclic amines) is 1. The van der Waals surface area contributed by atoms with Crippen LogP contribution in [-0.4, -0.2) is 36.3 Å². The average molecular weight is 288 g/mol. The van der Waals surface area contributed by atoms with Gasteiger partial charge in [-0.3, -0.25) is 9.59 Å². The molecule has 114 valence electrons. The van der Waals surface area contributed by atoms with Crippen LogP contribution >= 0.6 is 0 Å². The number of hydrogen-bond acceptors (Lipinski definition) is 2. The Labute approximate surface area is 126 Å². The zero-order chi connectivity index (χ0) is 15.1. The molecule has 0 aliphatic carbocycles. The minimum absolute atomic E-state index is 0.0397. The summed E-state index contributed by atoms with van der Waals surface area (Å²) in [6, 6.07) is 7.04. The smallest absolute Gasteiger partial charge is 0.253 e. The second-order valence-corrected chi connectivity index (χ2v) is 5.54. The molecule has 21 heavy (non-hydrogen) atoms. The van der Waals surface area contributed by atoms with Crippen LogP contribution in [0.4, 0.5) is 0 Å². The largest absolute Gasteiger partial charge is 0.352 e. The normalized spacial score (nSPS) is 14.8. The van der Waals surface area contributed by atoms with Crippen LogP contribution in [0.3, 0.4) is 0 Å². The van der Waals surface area contributed by atoms with Gasteiger partial charge in [-0.1, -0.05) is 19.4 Å². The Morgan fingerprint density at radius 1 is 1.14 bits per heavy atom. The lowest BCUT2D eigenvalue weighted by molar-refractivity contribution is 0.0724. The van der Waals surface area contributed by atoms with E-state index in [0.717, 1.165) is 38.8 Å². The number of nitrogens with one attached hydrogen (secondary N) is 1. The van der Waals surface area contributed by atoms with Crippen LogP contribution in [0.25, 0.3) is 0 Å². The molecule has 1 aromatic carbocycles. The summed E-state index contributed by atoms with van der Waals surface area (Å²) in [6.45, 7) is 4.42. The number of carbonyl (C=O) groups is 2. The first-order chi connectivity index (χ1) is 10.2. The molecule has 0 unspecified atom stereocenters. The van der Waals surface area contributed by atoms with Crippen molar-refractivity contribution in [2.75, 3.05) is 19.6 Å². The van der Waals surface area contributed by atoms with E-state index in [1.54, 1.807) is 24.3 Å². The molecule has 4 heteroatoms. The van der Waals surface area contributed by atoms with Gasteiger partial charge in [0.25, 0.3) is 11.8 Å². The van der Waals surface area contributed by atoms with Gasteiger partial charge in [0.15, 0.2) is 0 Å². The van der Waals surface area contributed by atoms with Gasteiger partial charge in [-0.2, -0.15) is 0 Å². The third-order valence-corrected chi connectivity index (χ3v) is 3.83. The maximum atomic E-state index is 12.4. The molecular formula is C17H24N2O2. The van der Waals surface area contributed by atoms with Crippen LogP contribution in [0.5, 0.6) is 0 Å². The highest BCUT2D eigenvalue weighted by Gasteiger charge is 2.18. The summed E-state index contributed by atoms with van der Waals surface area (Å²) in [7, 11) is 0. The molecule has 2 rings (SSSR count). The van der Waals surface area contributed by atoms with Gasteiger partial charge >= 0.3 is 0 Å². The van der Waals surface area contributed by atoms with E-state index < -0.39 is 0 Å². The Morgan fingerprint density at radius 2 is 1.86 bits per heavy atom. The van der Waals surface area contributed by atoms with Gasteiger partial charge < -0.3 is 10.2 Å². The predicted octanol–water partition coefficient (Wildman–Crippen LogP) is 2.84. The Kier molecular flexibility index (Phi) is 5.78. The van der Waals surface area contributed by atoms with E-state index in [4.69, 9.17) is 0 Å². The molecule has 1 aromatic rings. The number of benzene rings is 1. The van der Waals surface area contributed by atoms with E-state index in [9.17, 15) is 9.59 Å². The first-order valence-electron chi connectivity index (χ1n) is 7.90. The summed E-state index contributed by atoms with van der Waals surface area (Å²) >= 11 is 0. The molecule has 0 radical (unpaired) electrons. The van der Waals surface area contributed by atoms with Crippen molar-refractivity contribution in [3.63, 3.8) is 0 Å². The molecule has 1 saturated heterocycles. The highest BCUT2D eigenvalue weighted by molar-refractivity contribution is 5.99. The molecule has 1 aliphatic heterocycles. The van der Waals surface area contributed by atoms with Crippen molar-refractivity contribution in [2.45, 2.75) is 39.0 Å². The Bertz CT molecular complexity index is 493. The second-order valence-electron chi connectivity index (χ2n) is 5.54. The second kappa shape index (κ2) is 7.81. The molecule has 1 fully saturated rings. The molecule has 0 spiro atoms. The Balaban J connectivity index is 2.02. The predicted molar refractivity (Wildman–Crippen MR) is 83.4 cm³/mol. The van der Waals surface area contributed by atoms with Gasteiger partial charge in [-0.15, -0.1) is 0 Å². The molecule has 2 amide bonds. The van der Waals surface area contributed by atoms with Crippen molar-refractivity contribution < 1.29 is 9.59 Å².